The van der Waals surface area contributed by atoms with Crippen LogP contribution in [0.25, 0.3) is 0 Å². The molecule has 3 aromatic rings. The lowest BCUT2D eigenvalue weighted by atomic mass is 9.97. The van der Waals surface area contributed by atoms with E-state index in [0.717, 1.165) is 5.56 Å². The number of ether oxygens (including phenoxy) is 1. The predicted molar refractivity (Wildman–Crippen MR) is 146 cm³/mol. The Morgan fingerprint density at radius 3 is 1.90 bits per heavy atom. The van der Waals surface area contributed by atoms with E-state index in [0.29, 0.717) is 5.56 Å². The van der Waals surface area contributed by atoms with E-state index < -0.39 is 47.9 Å². The van der Waals surface area contributed by atoms with Crippen molar-refractivity contribution in [1.29, 1.82) is 0 Å². The number of hydrogen-bond acceptors (Lipinski definition) is 4. The molecule has 3 rings (SSSR count). The predicted octanol–water partition coefficient (Wildman–Crippen LogP) is 6.11. The first-order chi connectivity index (χ1) is 18.8. The van der Waals surface area contributed by atoms with E-state index in [2.05, 4.69) is 10.6 Å². The number of benzene rings is 3. The Morgan fingerprint density at radius 2 is 1.38 bits per heavy atom. The van der Waals surface area contributed by atoms with Gasteiger partial charge in [0.25, 0.3) is 11.7 Å². The third-order valence-electron chi connectivity index (χ3n) is 5.88. The Hall–Kier alpha value is -3.56. The Kier molecular flexibility index (Phi) is 10.6. The van der Waals surface area contributed by atoms with E-state index in [1.807, 2.05) is 0 Å². The van der Waals surface area contributed by atoms with E-state index in [4.69, 9.17) is 27.9 Å². The first-order valence-electron chi connectivity index (χ1n) is 12.3. The Balaban J connectivity index is 1.92. The summed E-state index contributed by atoms with van der Waals surface area (Å²) in [5.41, 5.74) is 1.03. The number of nitrogens with one attached hydrogen (secondary N) is 2. The van der Waals surface area contributed by atoms with Gasteiger partial charge in [0.15, 0.2) is 6.10 Å². The van der Waals surface area contributed by atoms with Crippen molar-refractivity contribution in [3.63, 3.8) is 0 Å². The molecule has 0 spiro atoms. The SMILES string of the molecule is CC(C)[C@H](NC(=O)[C@@H](NC(=O)[C@@H](Cc1ccccc1)Oc1cc(Cl)cc(Cl)c1)c1ccccc1)C(=O)C(F)(F)F. The average Bonchev–Trinajstić information content (AvgIpc) is 2.89. The average molecular weight is 595 g/mol. The number of amides is 2. The summed E-state index contributed by atoms with van der Waals surface area (Å²) in [6.45, 7) is 2.76. The minimum absolute atomic E-state index is 0.0844. The molecule has 0 heterocycles. The topological polar surface area (TPSA) is 84.5 Å². The normalized spacial score (nSPS) is 13.7. The van der Waals surface area contributed by atoms with Gasteiger partial charge in [-0.1, -0.05) is 97.7 Å². The highest BCUT2D eigenvalue weighted by Crippen LogP contribution is 2.26. The summed E-state index contributed by atoms with van der Waals surface area (Å²) in [5, 5.41) is 5.32. The standard InChI is InChI=1S/C29H27Cl2F3N2O4/c1-17(2)24(26(37)29(32,33)34)35-28(39)25(19-11-7-4-8-12-19)36-27(38)23(13-18-9-5-3-6-10-18)40-22-15-20(30)14-21(31)16-22/h3-12,14-17,23-25H,13H2,1-2H3,(H,35,39)(H,36,38)/t23-,24+,25+/m1/s1. The molecule has 2 N–H and O–H groups in total. The molecule has 0 fully saturated rings. The Labute approximate surface area is 239 Å². The van der Waals surface area contributed by atoms with Crippen molar-refractivity contribution < 1.29 is 32.3 Å². The van der Waals surface area contributed by atoms with Crippen LogP contribution in [0.1, 0.15) is 31.0 Å². The molecule has 212 valence electrons. The van der Waals surface area contributed by atoms with Crippen molar-refractivity contribution in [2.45, 2.75) is 44.6 Å². The van der Waals surface area contributed by atoms with E-state index >= 15 is 0 Å². The number of alkyl halides is 3. The number of halogens is 5. The molecule has 40 heavy (non-hydrogen) atoms. The van der Waals surface area contributed by atoms with Crippen LogP contribution in [0.5, 0.6) is 5.75 Å². The summed E-state index contributed by atoms with van der Waals surface area (Å²) in [7, 11) is 0. The first kappa shape index (κ1) is 31.0. The third kappa shape index (κ3) is 8.72. The second-order valence-corrected chi connectivity index (χ2v) is 10.2. The molecule has 6 nitrogen and oxygen atoms in total. The first-order valence-corrected chi connectivity index (χ1v) is 13.0. The zero-order chi connectivity index (χ0) is 29.4. The summed E-state index contributed by atoms with van der Waals surface area (Å²) in [6.07, 6.45) is -6.25. The summed E-state index contributed by atoms with van der Waals surface area (Å²) in [6, 6.07) is 18.0. The molecule has 0 bridgehead atoms. The van der Waals surface area contributed by atoms with E-state index in [-0.39, 0.29) is 22.2 Å². The Morgan fingerprint density at radius 1 is 0.825 bits per heavy atom. The van der Waals surface area contributed by atoms with Crippen LogP contribution in [0.3, 0.4) is 0 Å². The largest absolute Gasteiger partial charge is 0.480 e. The van der Waals surface area contributed by atoms with E-state index in [1.54, 1.807) is 48.5 Å². The lowest BCUT2D eigenvalue weighted by Gasteiger charge is -2.27. The van der Waals surface area contributed by atoms with Crippen LogP contribution in [-0.2, 0) is 20.8 Å². The molecule has 0 unspecified atom stereocenters. The van der Waals surface area contributed by atoms with Crippen LogP contribution in [0.15, 0.2) is 78.9 Å². The third-order valence-corrected chi connectivity index (χ3v) is 6.32. The molecule has 0 aliphatic heterocycles. The molecule has 0 aromatic heterocycles. The molecule has 3 atom stereocenters. The van der Waals surface area contributed by atoms with Crippen LogP contribution < -0.4 is 15.4 Å². The maximum Gasteiger partial charge on any atom is 0.452 e. The fraction of sp³-hybridized carbons (Fsp3) is 0.276. The van der Waals surface area contributed by atoms with Crippen molar-refractivity contribution in [3.05, 3.63) is 100 Å². The second kappa shape index (κ2) is 13.7. The molecule has 0 saturated carbocycles. The van der Waals surface area contributed by atoms with Gasteiger partial charge < -0.3 is 15.4 Å². The minimum atomic E-state index is -5.15. The van der Waals surface area contributed by atoms with Gasteiger partial charge in [0.2, 0.25) is 5.91 Å². The maximum absolute atomic E-state index is 13.6. The smallest absolute Gasteiger partial charge is 0.452 e. The number of rotatable bonds is 11. The van der Waals surface area contributed by atoms with Gasteiger partial charge in [-0.2, -0.15) is 13.2 Å². The van der Waals surface area contributed by atoms with Crippen LogP contribution in [0.4, 0.5) is 13.2 Å². The highest BCUT2D eigenvalue weighted by atomic mass is 35.5. The summed E-state index contributed by atoms with van der Waals surface area (Å²) in [5.74, 6) is -4.47. The summed E-state index contributed by atoms with van der Waals surface area (Å²) in [4.78, 5) is 39.0. The van der Waals surface area contributed by atoms with Crippen LogP contribution in [0.2, 0.25) is 10.0 Å². The van der Waals surface area contributed by atoms with Crippen molar-refractivity contribution in [2.75, 3.05) is 0 Å². The molecule has 0 saturated heterocycles. The van der Waals surface area contributed by atoms with Gasteiger partial charge in [0.05, 0.1) is 6.04 Å². The fourth-order valence-electron chi connectivity index (χ4n) is 3.91. The molecule has 3 aromatic carbocycles. The number of carbonyl (C=O) groups is 3. The van der Waals surface area contributed by atoms with Crippen molar-refractivity contribution in [3.8, 4) is 5.75 Å². The van der Waals surface area contributed by atoms with Gasteiger partial charge in [0.1, 0.15) is 11.8 Å². The fourth-order valence-corrected chi connectivity index (χ4v) is 4.41. The van der Waals surface area contributed by atoms with Gasteiger partial charge in [-0.3, -0.25) is 14.4 Å². The summed E-state index contributed by atoms with van der Waals surface area (Å²) >= 11 is 12.2. The number of hydrogen-bond donors (Lipinski definition) is 2. The van der Waals surface area contributed by atoms with Gasteiger partial charge in [-0.25, -0.2) is 0 Å². The number of carbonyl (C=O) groups excluding carboxylic acids is 3. The lowest BCUT2D eigenvalue weighted by molar-refractivity contribution is -0.175. The number of ketones is 1. The molecule has 0 radical (unpaired) electrons. The molecular formula is C29H27Cl2F3N2O4. The monoisotopic (exact) mass is 594 g/mol. The van der Waals surface area contributed by atoms with E-state index in [1.165, 1.54) is 44.2 Å². The molecule has 11 heteroatoms. The summed E-state index contributed by atoms with van der Waals surface area (Å²) < 4.78 is 45.6. The van der Waals surface area contributed by atoms with Crippen molar-refractivity contribution >= 4 is 40.8 Å². The second-order valence-electron chi connectivity index (χ2n) is 9.35. The lowest BCUT2D eigenvalue weighted by Crippen LogP contribution is -2.53. The van der Waals surface area contributed by atoms with Crippen LogP contribution >= 0.6 is 23.2 Å². The molecule has 0 aliphatic carbocycles. The molecule has 2 amide bonds. The van der Waals surface area contributed by atoms with Crippen LogP contribution in [0, 0.1) is 5.92 Å². The quantitative estimate of drug-likeness (QED) is 0.280. The van der Waals surface area contributed by atoms with Crippen LogP contribution in [-0.4, -0.2) is 35.9 Å². The van der Waals surface area contributed by atoms with Crippen molar-refractivity contribution in [1.82, 2.24) is 10.6 Å². The van der Waals surface area contributed by atoms with E-state index in [9.17, 15) is 27.6 Å². The van der Waals surface area contributed by atoms with Gasteiger partial charge in [-0.15, -0.1) is 0 Å². The number of Topliss-reactive ketones (excluding diaryl/α,β-unsaturated/α-hetero) is 1. The zero-order valence-corrected chi connectivity index (χ0v) is 23.1. The zero-order valence-electron chi connectivity index (χ0n) is 21.5. The van der Waals surface area contributed by atoms with Gasteiger partial charge in [0, 0.05) is 16.5 Å². The molecular weight excluding hydrogens is 568 g/mol. The Bertz CT molecular complexity index is 1300. The van der Waals surface area contributed by atoms with Crippen molar-refractivity contribution in [2.24, 2.45) is 5.92 Å². The van der Waals surface area contributed by atoms with Gasteiger partial charge in [-0.05, 0) is 35.2 Å². The minimum Gasteiger partial charge on any atom is -0.480 e. The van der Waals surface area contributed by atoms with Gasteiger partial charge >= 0.3 is 6.18 Å². The highest BCUT2D eigenvalue weighted by molar-refractivity contribution is 6.34. The maximum atomic E-state index is 13.6. The molecule has 0 aliphatic rings. The highest BCUT2D eigenvalue weighted by Gasteiger charge is 2.45.